The van der Waals surface area contributed by atoms with Gasteiger partial charge in [-0.3, -0.25) is 0 Å². The molecule has 1 aromatic carbocycles. The zero-order valence-electron chi connectivity index (χ0n) is 9.95. The monoisotopic (exact) mass is 242 g/mol. The Morgan fingerprint density at radius 3 is 2.59 bits per heavy atom. The summed E-state index contributed by atoms with van der Waals surface area (Å²) in [6, 6.07) is 2.87. The number of carboxylic acid groups (broad SMARTS) is 1. The molecule has 0 heterocycles. The Bertz CT molecular complexity index is 440. The van der Waals surface area contributed by atoms with Crippen molar-refractivity contribution >= 4 is 5.97 Å². The molecule has 0 aliphatic rings. The number of halogens is 1. The van der Waals surface area contributed by atoms with Crippen LogP contribution >= 0.6 is 0 Å². The number of hydrogen-bond acceptors (Lipinski definition) is 3. The van der Waals surface area contributed by atoms with E-state index in [0.717, 1.165) is 6.92 Å². The number of aliphatic hydroxyl groups is 1. The highest BCUT2D eigenvalue weighted by molar-refractivity contribution is 5.77. The van der Waals surface area contributed by atoms with E-state index in [0.29, 0.717) is 5.56 Å². The van der Waals surface area contributed by atoms with Crippen LogP contribution in [0.2, 0.25) is 0 Å². The molecule has 2 N–H and O–H groups in total. The van der Waals surface area contributed by atoms with Crippen molar-refractivity contribution in [3.8, 4) is 5.75 Å². The predicted molar refractivity (Wildman–Crippen MR) is 59.7 cm³/mol. The van der Waals surface area contributed by atoms with Gasteiger partial charge in [0.25, 0.3) is 0 Å². The molecule has 0 aliphatic heterocycles. The van der Waals surface area contributed by atoms with Crippen molar-refractivity contribution in [3.05, 3.63) is 29.1 Å². The van der Waals surface area contributed by atoms with E-state index in [1.807, 2.05) is 0 Å². The maximum absolute atomic E-state index is 13.7. The summed E-state index contributed by atoms with van der Waals surface area (Å²) >= 11 is 0. The van der Waals surface area contributed by atoms with Crippen molar-refractivity contribution in [1.82, 2.24) is 0 Å². The second-order valence-electron chi connectivity index (χ2n) is 4.18. The normalized spacial score (nSPS) is 14.2. The van der Waals surface area contributed by atoms with Gasteiger partial charge in [-0.15, -0.1) is 0 Å². The van der Waals surface area contributed by atoms with Crippen molar-refractivity contribution in [2.75, 3.05) is 7.11 Å². The summed E-state index contributed by atoms with van der Waals surface area (Å²) in [7, 11) is 1.37. The number of benzene rings is 1. The van der Waals surface area contributed by atoms with Crippen LogP contribution in [0.25, 0.3) is 0 Å². The first-order chi connectivity index (χ1) is 7.77. The Morgan fingerprint density at radius 2 is 2.12 bits per heavy atom. The fraction of sp³-hybridized carbons (Fsp3) is 0.417. The summed E-state index contributed by atoms with van der Waals surface area (Å²) in [5, 5.41) is 18.4. The minimum atomic E-state index is -2.02. The van der Waals surface area contributed by atoms with Gasteiger partial charge >= 0.3 is 5.97 Å². The van der Waals surface area contributed by atoms with Gasteiger partial charge in [-0.1, -0.05) is 0 Å². The maximum Gasteiger partial charge on any atom is 0.335 e. The largest absolute Gasteiger partial charge is 0.496 e. The number of rotatable bonds is 4. The quantitative estimate of drug-likeness (QED) is 0.840. The van der Waals surface area contributed by atoms with Crippen LogP contribution in [0, 0.1) is 12.7 Å². The molecular formula is C12H15FO4. The molecule has 0 amide bonds. The third-order valence-electron chi connectivity index (χ3n) is 2.50. The number of methoxy groups -OCH3 is 1. The standard InChI is InChI=1S/C12H15FO4/c1-7-4-9(13)8(10(5-7)17-3)6-12(2,16)11(14)15/h4-5,16H,6H2,1-3H3,(H,14,15). The number of carbonyl (C=O) groups is 1. The van der Waals surface area contributed by atoms with Gasteiger partial charge in [0, 0.05) is 12.0 Å². The van der Waals surface area contributed by atoms with Crippen LogP contribution < -0.4 is 4.74 Å². The smallest absolute Gasteiger partial charge is 0.335 e. The van der Waals surface area contributed by atoms with Gasteiger partial charge < -0.3 is 14.9 Å². The zero-order valence-corrected chi connectivity index (χ0v) is 9.95. The van der Waals surface area contributed by atoms with Gasteiger partial charge in [0.15, 0.2) is 5.60 Å². The van der Waals surface area contributed by atoms with Gasteiger partial charge in [-0.25, -0.2) is 9.18 Å². The Morgan fingerprint density at radius 1 is 1.53 bits per heavy atom. The molecule has 0 aromatic heterocycles. The van der Waals surface area contributed by atoms with Crippen molar-refractivity contribution in [3.63, 3.8) is 0 Å². The van der Waals surface area contributed by atoms with Crippen molar-refractivity contribution in [2.24, 2.45) is 0 Å². The van der Waals surface area contributed by atoms with E-state index in [4.69, 9.17) is 9.84 Å². The Hall–Kier alpha value is -1.62. The lowest BCUT2D eigenvalue weighted by atomic mass is 9.95. The second-order valence-corrected chi connectivity index (χ2v) is 4.18. The van der Waals surface area contributed by atoms with Gasteiger partial charge in [0.1, 0.15) is 11.6 Å². The van der Waals surface area contributed by atoms with Gasteiger partial charge in [0.2, 0.25) is 0 Å². The third-order valence-corrected chi connectivity index (χ3v) is 2.50. The molecular weight excluding hydrogens is 227 g/mol. The van der Waals surface area contributed by atoms with E-state index in [9.17, 15) is 14.3 Å². The Labute approximate surface area is 98.7 Å². The molecule has 1 aromatic rings. The van der Waals surface area contributed by atoms with E-state index in [2.05, 4.69) is 0 Å². The van der Waals surface area contributed by atoms with E-state index < -0.39 is 17.4 Å². The Balaban J connectivity index is 3.18. The van der Waals surface area contributed by atoms with Gasteiger partial charge in [-0.05, 0) is 31.5 Å². The molecule has 0 aliphatic carbocycles. The summed E-state index contributed by atoms with van der Waals surface area (Å²) in [5.41, 5.74) is -1.30. The second kappa shape index (κ2) is 4.71. The van der Waals surface area contributed by atoms with E-state index in [1.54, 1.807) is 13.0 Å². The molecule has 0 bridgehead atoms. The lowest BCUT2D eigenvalue weighted by Gasteiger charge is -2.20. The molecule has 1 unspecified atom stereocenters. The number of aliphatic carboxylic acids is 1. The predicted octanol–water partition coefficient (Wildman–Crippen LogP) is 1.52. The van der Waals surface area contributed by atoms with Crippen molar-refractivity contribution in [2.45, 2.75) is 25.9 Å². The molecule has 0 spiro atoms. The fourth-order valence-corrected chi connectivity index (χ4v) is 1.51. The van der Waals surface area contributed by atoms with Crippen LogP contribution in [0.15, 0.2) is 12.1 Å². The van der Waals surface area contributed by atoms with Gasteiger partial charge in [-0.2, -0.15) is 0 Å². The third kappa shape index (κ3) is 2.94. The summed E-state index contributed by atoms with van der Waals surface area (Å²) < 4.78 is 18.7. The average Bonchev–Trinajstić information content (AvgIpc) is 2.21. The summed E-state index contributed by atoms with van der Waals surface area (Å²) in [4.78, 5) is 10.8. The minimum Gasteiger partial charge on any atom is -0.496 e. The lowest BCUT2D eigenvalue weighted by Crippen LogP contribution is -2.37. The fourth-order valence-electron chi connectivity index (χ4n) is 1.51. The van der Waals surface area contributed by atoms with Crippen LogP contribution in [0.3, 0.4) is 0 Å². The van der Waals surface area contributed by atoms with E-state index in [1.165, 1.54) is 13.2 Å². The summed E-state index contributed by atoms with van der Waals surface area (Å²) in [5.74, 6) is -1.74. The molecule has 5 heteroatoms. The molecule has 17 heavy (non-hydrogen) atoms. The first kappa shape index (κ1) is 13.4. The molecule has 0 saturated heterocycles. The average molecular weight is 242 g/mol. The van der Waals surface area contributed by atoms with Crippen LogP contribution in [0.4, 0.5) is 4.39 Å². The van der Waals surface area contributed by atoms with E-state index in [-0.39, 0.29) is 17.7 Å². The molecule has 1 rings (SSSR count). The van der Waals surface area contributed by atoms with E-state index >= 15 is 0 Å². The highest BCUT2D eigenvalue weighted by Crippen LogP contribution is 2.27. The SMILES string of the molecule is COc1cc(C)cc(F)c1CC(C)(O)C(=O)O. The number of carboxylic acids is 1. The van der Waals surface area contributed by atoms with Crippen LogP contribution in [-0.4, -0.2) is 28.9 Å². The lowest BCUT2D eigenvalue weighted by molar-refractivity contribution is -0.156. The summed E-state index contributed by atoms with van der Waals surface area (Å²) in [6.07, 6.45) is -0.350. The van der Waals surface area contributed by atoms with Crippen molar-refractivity contribution < 1.29 is 24.1 Å². The molecule has 1 atom stereocenters. The first-order valence-electron chi connectivity index (χ1n) is 5.06. The van der Waals surface area contributed by atoms with Crippen LogP contribution in [0.1, 0.15) is 18.1 Å². The molecule has 4 nitrogen and oxygen atoms in total. The zero-order chi connectivity index (χ0) is 13.2. The summed E-state index contributed by atoms with van der Waals surface area (Å²) in [6.45, 7) is 2.82. The highest BCUT2D eigenvalue weighted by atomic mass is 19.1. The maximum atomic E-state index is 13.7. The first-order valence-corrected chi connectivity index (χ1v) is 5.06. The molecule has 0 radical (unpaired) electrons. The number of aryl methyl sites for hydroxylation is 1. The number of hydrogen-bond donors (Lipinski definition) is 2. The molecule has 94 valence electrons. The topological polar surface area (TPSA) is 66.8 Å². The Kier molecular flexibility index (Phi) is 3.72. The van der Waals surface area contributed by atoms with Crippen LogP contribution in [0.5, 0.6) is 5.75 Å². The van der Waals surface area contributed by atoms with Gasteiger partial charge in [0.05, 0.1) is 7.11 Å². The molecule has 0 fully saturated rings. The minimum absolute atomic E-state index is 0.0606. The van der Waals surface area contributed by atoms with Crippen molar-refractivity contribution in [1.29, 1.82) is 0 Å². The number of ether oxygens (including phenoxy) is 1. The molecule has 0 saturated carbocycles. The highest BCUT2D eigenvalue weighted by Gasteiger charge is 2.32. The van der Waals surface area contributed by atoms with Crippen LogP contribution in [-0.2, 0) is 11.2 Å².